The summed E-state index contributed by atoms with van der Waals surface area (Å²) in [7, 11) is 0. The monoisotopic (exact) mass is 373 g/mol. The van der Waals surface area contributed by atoms with Gasteiger partial charge in [0.25, 0.3) is 0 Å². The van der Waals surface area contributed by atoms with E-state index in [1.165, 1.54) is 0 Å². The number of anilines is 1. The van der Waals surface area contributed by atoms with E-state index >= 15 is 0 Å². The standard InChI is InChI=1S/C17H23N3O2.2ClH/c1-2-22-16-8-4-3-7-15(16)19-10-12-20(13-11-19)17(21)14-6-5-9-18-14;;/h3-8,14,18H,2,9-13H2,1H3;2*1H. The Morgan fingerprint density at radius 2 is 1.92 bits per heavy atom. The van der Waals surface area contributed by atoms with Crippen molar-refractivity contribution in [2.75, 3.05) is 44.2 Å². The number of ether oxygens (including phenoxy) is 1. The molecule has 1 aromatic rings. The van der Waals surface area contributed by atoms with Crippen LogP contribution in [0.5, 0.6) is 5.75 Å². The van der Waals surface area contributed by atoms with Crippen molar-refractivity contribution in [1.29, 1.82) is 0 Å². The first-order valence-electron chi connectivity index (χ1n) is 7.95. The molecule has 0 bridgehead atoms. The highest BCUT2D eigenvalue weighted by atomic mass is 35.5. The molecule has 0 radical (unpaired) electrons. The number of rotatable bonds is 4. The normalized spacial score (nSPS) is 19.5. The number of nitrogens with zero attached hydrogens (tertiary/aromatic N) is 2. The zero-order chi connectivity index (χ0) is 15.4. The molecule has 2 heterocycles. The fraction of sp³-hybridized carbons (Fsp3) is 0.471. The summed E-state index contributed by atoms with van der Waals surface area (Å²) in [6, 6.07) is 7.98. The van der Waals surface area contributed by atoms with Gasteiger partial charge < -0.3 is 14.5 Å². The highest BCUT2D eigenvalue weighted by Gasteiger charge is 2.27. The molecule has 0 spiro atoms. The molecular weight excluding hydrogens is 349 g/mol. The molecule has 2 aliphatic rings. The van der Waals surface area contributed by atoms with Gasteiger partial charge in [0.05, 0.1) is 12.3 Å². The van der Waals surface area contributed by atoms with E-state index < -0.39 is 0 Å². The van der Waals surface area contributed by atoms with Gasteiger partial charge in [0.2, 0.25) is 5.91 Å². The maximum absolute atomic E-state index is 12.4. The zero-order valence-electron chi connectivity index (χ0n) is 13.8. The number of benzene rings is 1. The number of piperazine rings is 1. The van der Waals surface area contributed by atoms with Crippen LogP contribution < -0.4 is 15.0 Å². The fourth-order valence-corrected chi connectivity index (χ4v) is 3.00. The van der Waals surface area contributed by atoms with Crippen LogP contribution in [0.4, 0.5) is 5.69 Å². The number of carbonyl (C=O) groups excluding carboxylic acids is 1. The molecule has 0 aromatic heterocycles. The second kappa shape index (κ2) is 9.77. The Balaban J connectivity index is 0.00000144. The predicted octanol–water partition coefficient (Wildman–Crippen LogP) is 2.11. The first-order valence-corrected chi connectivity index (χ1v) is 7.95. The molecule has 0 saturated carbocycles. The van der Waals surface area contributed by atoms with Crippen molar-refractivity contribution in [1.82, 2.24) is 10.2 Å². The minimum Gasteiger partial charge on any atom is -0.492 e. The highest BCUT2D eigenvalue weighted by Crippen LogP contribution is 2.28. The number of hydrogen-bond donors (Lipinski definition) is 1. The molecule has 134 valence electrons. The van der Waals surface area contributed by atoms with E-state index in [1.807, 2.05) is 42.2 Å². The molecule has 1 atom stereocenters. The van der Waals surface area contributed by atoms with E-state index in [9.17, 15) is 4.79 Å². The Labute approximate surface area is 155 Å². The second-order valence-corrected chi connectivity index (χ2v) is 5.53. The summed E-state index contributed by atoms with van der Waals surface area (Å²) in [5.41, 5.74) is 1.12. The van der Waals surface area contributed by atoms with Gasteiger partial charge in [0.1, 0.15) is 11.8 Å². The molecule has 1 aromatic carbocycles. The van der Waals surface area contributed by atoms with Gasteiger partial charge in [-0.2, -0.15) is 0 Å². The molecule has 24 heavy (non-hydrogen) atoms. The largest absolute Gasteiger partial charge is 0.492 e. The summed E-state index contributed by atoms with van der Waals surface area (Å²) in [6.45, 7) is 6.64. The Morgan fingerprint density at radius 3 is 2.54 bits per heavy atom. The number of hydrogen-bond acceptors (Lipinski definition) is 4. The first-order chi connectivity index (χ1) is 10.8. The number of para-hydroxylation sites is 2. The lowest BCUT2D eigenvalue weighted by atomic mass is 10.2. The van der Waals surface area contributed by atoms with E-state index in [2.05, 4.69) is 16.3 Å². The Morgan fingerprint density at radius 1 is 1.21 bits per heavy atom. The minimum absolute atomic E-state index is 0. The molecule has 1 fully saturated rings. The minimum atomic E-state index is -0.137. The summed E-state index contributed by atoms with van der Waals surface area (Å²) >= 11 is 0. The molecule has 3 rings (SSSR count). The van der Waals surface area contributed by atoms with Crippen molar-refractivity contribution in [3.8, 4) is 5.75 Å². The fourth-order valence-electron chi connectivity index (χ4n) is 3.00. The van der Waals surface area contributed by atoms with Crippen molar-refractivity contribution in [3.05, 3.63) is 36.4 Å². The van der Waals surface area contributed by atoms with Crippen molar-refractivity contribution >= 4 is 36.4 Å². The molecule has 1 saturated heterocycles. The first kappa shape index (κ1) is 20.6. The van der Waals surface area contributed by atoms with Crippen molar-refractivity contribution in [2.45, 2.75) is 13.0 Å². The molecule has 5 nitrogen and oxygen atoms in total. The summed E-state index contributed by atoms with van der Waals surface area (Å²) in [5, 5.41) is 3.19. The average Bonchev–Trinajstić information content (AvgIpc) is 3.10. The lowest BCUT2D eigenvalue weighted by molar-refractivity contribution is -0.132. The van der Waals surface area contributed by atoms with Crippen LogP contribution in [-0.4, -0.2) is 56.2 Å². The Kier molecular flexibility index (Phi) is 8.39. The van der Waals surface area contributed by atoms with E-state index in [0.717, 1.165) is 44.2 Å². The van der Waals surface area contributed by atoms with Gasteiger partial charge in [-0.3, -0.25) is 10.1 Å². The van der Waals surface area contributed by atoms with Crippen LogP contribution in [0.15, 0.2) is 36.4 Å². The van der Waals surface area contributed by atoms with Gasteiger partial charge in [-0.1, -0.05) is 24.3 Å². The smallest absolute Gasteiger partial charge is 0.243 e. The summed E-state index contributed by atoms with van der Waals surface area (Å²) in [4.78, 5) is 16.6. The maximum atomic E-state index is 12.4. The van der Waals surface area contributed by atoms with Crippen LogP contribution >= 0.6 is 24.8 Å². The van der Waals surface area contributed by atoms with Gasteiger partial charge >= 0.3 is 0 Å². The van der Waals surface area contributed by atoms with Crippen LogP contribution in [0.2, 0.25) is 0 Å². The summed E-state index contributed by atoms with van der Waals surface area (Å²) < 4.78 is 5.70. The summed E-state index contributed by atoms with van der Waals surface area (Å²) in [6.07, 6.45) is 3.97. The molecule has 7 heteroatoms. The van der Waals surface area contributed by atoms with E-state index in [4.69, 9.17) is 4.74 Å². The third kappa shape index (κ3) is 4.56. The van der Waals surface area contributed by atoms with Gasteiger partial charge in [0, 0.05) is 32.7 Å². The van der Waals surface area contributed by atoms with Crippen molar-refractivity contribution < 1.29 is 9.53 Å². The predicted molar refractivity (Wildman–Crippen MR) is 102 cm³/mol. The highest BCUT2D eigenvalue weighted by molar-refractivity contribution is 5.86. The number of carbonyl (C=O) groups is 1. The number of nitrogens with one attached hydrogen (secondary N) is 1. The Hall–Kier alpha value is -1.43. The van der Waals surface area contributed by atoms with Crippen LogP contribution in [0.3, 0.4) is 0 Å². The topological polar surface area (TPSA) is 44.8 Å². The molecule has 0 aliphatic carbocycles. The summed E-state index contributed by atoms with van der Waals surface area (Å²) in [5.74, 6) is 1.11. The third-order valence-corrected chi connectivity index (χ3v) is 4.15. The Bertz CT molecular complexity index is 561. The molecule has 1 unspecified atom stereocenters. The second-order valence-electron chi connectivity index (χ2n) is 5.53. The molecule has 2 aliphatic heterocycles. The van der Waals surface area contributed by atoms with Crippen LogP contribution in [0.1, 0.15) is 6.92 Å². The van der Waals surface area contributed by atoms with Crippen molar-refractivity contribution in [2.24, 2.45) is 0 Å². The van der Waals surface area contributed by atoms with E-state index in [1.54, 1.807) is 0 Å². The lowest BCUT2D eigenvalue weighted by Gasteiger charge is -2.37. The zero-order valence-corrected chi connectivity index (χ0v) is 15.4. The molecule has 1 amide bonds. The maximum Gasteiger partial charge on any atom is 0.243 e. The van der Waals surface area contributed by atoms with Gasteiger partial charge in [0.15, 0.2) is 0 Å². The van der Waals surface area contributed by atoms with Gasteiger partial charge in [-0.25, -0.2) is 0 Å². The SMILES string of the molecule is CCOc1ccccc1N1CCN(C(=O)C2C=CCN2)CC1.Cl.Cl. The number of halogens is 2. The van der Waals surface area contributed by atoms with Gasteiger partial charge in [-0.15, -0.1) is 24.8 Å². The quantitative estimate of drug-likeness (QED) is 0.820. The van der Waals surface area contributed by atoms with Crippen LogP contribution in [0.25, 0.3) is 0 Å². The van der Waals surface area contributed by atoms with E-state index in [0.29, 0.717) is 6.61 Å². The average molecular weight is 374 g/mol. The van der Waals surface area contributed by atoms with E-state index in [-0.39, 0.29) is 36.8 Å². The lowest BCUT2D eigenvalue weighted by Crippen LogP contribution is -2.53. The van der Waals surface area contributed by atoms with Crippen LogP contribution in [0, 0.1) is 0 Å². The van der Waals surface area contributed by atoms with Gasteiger partial charge in [-0.05, 0) is 19.1 Å². The molecule has 1 N–H and O–H groups in total. The number of amides is 1. The third-order valence-electron chi connectivity index (χ3n) is 4.15. The van der Waals surface area contributed by atoms with Crippen molar-refractivity contribution in [3.63, 3.8) is 0 Å². The van der Waals surface area contributed by atoms with Crippen LogP contribution in [-0.2, 0) is 4.79 Å². The molecular formula is C17H25Cl2N3O2.